The number of aliphatic hydroxyl groups is 1. The fraction of sp³-hybridized carbons (Fsp3) is 0.375. The summed E-state index contributed by atoms with van der Waals surface area (Å²) in [5, 5.41) is 11.9. The van der Waals surface area contributed by atoms with Gasteiger partial charge in [0.05, 0.1) is 11.8 Å². The molecule has 0 radical (unpaired) electrons. The molecular weight excluding hydrogens is 273 g/mol. The Bertz CT molecular complexity index is 554. The molecule has 0 spiro atoms. The zero-order valence-corrected chi connectivity index (χ0v) is 12.8. The predicted molar refractivity (Wildman–Crippen MR) is 82.9 cm³/mol. The second kappa shape index (κ2) is 6.37. The first-order valence-corrected chi connectivity index (χ1v) is 7.60. The standard InChI is InChI=1S/C16H20FNOS/c1-11(10-13-6-5-9-20-13)18(3)16-14(12(2)19)7-4-8-15(16)17/h4-9,11-12,19H,10H2,1-3H3/t11?,12-/m0/s1. The molecule has 1 aromatic carbocycles. The number of nitrogens with zero attached hydrogens (tertiary/aromatic N) is 1. The van der Waals surface area contributed by atoms with Crippen LogP contribution in [0, 0.1) is 5.82 Å². The van der Waals surface area contributed by atoms with Crippen LogP contribution in [-0.2, 0) is 6.42 Å². The van der Waals surface area contributed by atoms with Crippen LogP contribution in [-0.4, -0.2) is 18.2 Å². The molecule has 0 saturated carbocycles. The van der Waals surface area contributed by atoms with Gasteiger partial charge in [-0.1, -0.05) is 18.2 Å². The molecule has 0 aliphatic heterocycles. The molecule has 1 N–H and O–H groups in total. The van der Waals surface area contributed by atoms with Crippen molar-refractivity contribution in [1.29, 1.82) is 0 Å². The van der Waals surface area contributed by atoms with Crippen molar-refractivity contribution in [3.05, 3.63) is 52.0 Å². The lowest BCUT2D eigenvalue weighted by Crippen LogP contribution is -2.32. The summed E-state index contributed by atoms with van der Waals surface area (Å²) < 4.78 is 14.1. The van der Waals surface area contributed by atoms with Gasteiger partial charge in [0, 0.05) is 30.0 Å². The number of aliphatic hydroxyl groups excluding tert-OH is 1. The summed E-state index contributed by atoms with van der Waals surface area (Å²) in [5.41, 5.74) is 1.12. The molecule has 1 aromatic heterocycles. The van der Waals surface area contributed by atoms with E-state index in [9.17, 15) is 9.50 Å². The average Bonchev–Trinajstić information content (AvgIpc) is 2.90. The molecule has 2 rings (SSSR count). The van der Waals surface area contributed by atoms with Crippen molar-refractivity contribution >= 4 is 17.0 Å². The Morgan fingerprint density at radius 1 is 1.25 bits per heavy atom. The zero-order valence-electron chi connectivity index (χ0n) is 12.0. The van der Waals surface area contributed by atoms with E-state index in [1.54, 1.807) is 30.4 Å². The number of thiophene rings is 1. The first-order chi connectivity index (χ1) is 9.50. The first kappa shape index (κ1) is 15.0. The summed E-state index contributed by atoms with van der Waals surface area (Å²) in [5.74, 6) is -0.288. The number of para-hydroxylation sites is 1. The number of likely N-dealkylation sites (N-methyl/N-ethyl adjacent to an activating group) is 1. The Kier molecular flexibility index (Phi) is 4.78. The van der Waals surface area contributed by atoms with Crippen molar-refractivity contribution in [2.75, 3.05) is 11.9 Å². The van der Waals surface area contributed by atoms with E-state index in [0.717, 1.165) is 6.42 Å². The topological polar surface area (TPSA) is 23.5 Å². The third kappa shape index (κ3) is 3.19. The SMILES string of the molecule is CC(Cc1cccs1)N(C)c1c(F)cccc1[C@H](C)O. The quantitative estimate of drug-likeness (QED) is 0.900. The lowest BCUT2D eigenvalue weighted by Gasteiger charge is -2.30. The van der Waals surface area contributed by atoms with Gasteiger partial charge in [-0.05, 0) is 31.4 Å². The maximum absolute atomic E-state index is 14.1. The molecule has 0 bridgehead atoms. The number of hydrogen-bond acceptors (Lipinski definition) is 3. The fourth-order valence-electron chi connectivity index (χ4n) is 2.32. The van der Waals surface area contributed by atoms with Gasteiger partial charge in [0.2, 0.25) is 0 Å². The normalized spacial score (nSPS) is 14.1. The van der Waals surface area contributed by atoms with E-state index >= 15 is 0 Å². The maximum atomic E-state index is 14.1. The number of halogens is 1. The Labute approximate surface area is 123 Å². The van der Waals surface area contributed by atoms with Crippen LogP contribution >= 0.6 is 11.3 Å². The summed E-state index contributed by atoms with van der Waals surface area (Å²) in [7, 11) is 1.88. The molecular formula is C16H20FNOS. The molecule has 2 atom stereocenters. The van der Waals surface area contributed by atoms with Gasteiger partial charge in [-0.3, -0.25) is 0 Å². The first-order valence-electron chi connectivity index (χ1n) is 6.72. The van der Waals surface area contributed by atoms with Crippen LogP contribution in [0.1, 0.15) is 30.4 Å². The highest BCUT2D eigenvalue weighted by molar-refractivity contribution is 7.09. The highest BCUT2D eigenvalue weighted by Gasteiger charge is 2.20. The lowest BCUT2D eigenvalue weighted by molar-refractivity contribution is 0.199. The Morgan fingerprint density at radius 2 is 2.00 bits per heavy atom. The smallest absolute Gasteiger partial charge is 0.146 e. The number of benzene rings is 1. The van der Waals surface area contributed by atoms with Crippen LogP contribution in [0.15, 0.2) is 35.7 Å². The largest absolute Gasteiger partial charge is 0.389 e. The molecule has 0 aliphatic carbocycles. The average molecular weight is 293 g/mol. The van der Waals surface area contributed by atoms with Crippen LogP contribution in [0.25, 0.3) is 0 Å². The van der Waals surface area contributed by atoms with Gasteiger partial charge in [0.15, 0.2) is 0 Å². The number of hydrogen-bond donors (Lipinski definition) is 1. The van der Waals surface area contributed by atoms with E-state index in [1.807, 2.05) is 23.4 Å². The molecule has 4 heteroatoms. The molecule has 2 aromatic rings. The third-order valence-electron chi connectivity index (χ3n) is 3.56. The van der Waals surface area contributed by atoms with Crippen LogP contribution in [0.2, 0.25) is 0 Å². The van der Waals surface area contributed by atoms with Crippen LogP contribution in [0.5, 0.6) is 0 Å². The molecule has 0 fully saturated rings. The van der Waals surface area contributed by atoms with E-state index in [2.05, 4.69) is 13.0 Å². The lowest BCUT2D eigenvalue weighted by atomic mass is 10.0. The van der Waals surface area contributed by atoms with E-state index < -0.39 is 6.10 Å². The van der Waals surface area contributed by atoms with Gasteiger partial charge in [0.25, 0.3) is 0 Å². The van der Waals surface area contributed by atoms with E-state index in [-0.39, 0.29) is 11.9 Å². The van der Waals surface area contributed by atoms with Crippen molar-refractivity contribution in [2.24, 2.45) is 0 Å². The van der Waals surface area contributed by atoms with Crippen LogP contribution < -0.4 is 4.90 Å². The van der Waals surface area contributed by atoms with Gasteiger partial charge >= 0.3 is 0 Å². The zero-order chi connectivity index (χ0) is 14.7. The summed E-state index contributed by atoms with van der Waals surface area (Å²) in [6, 6.07) is 9.12. The Balaban J connectivity index is 2.26. The second-order valence-electron chi connectivity index (χ2n) is 5.10. The number of anilines is 1. The fourth-order valence-corrected chi connectivity index (χ4v) is 3.14. The minimum absolute atomic E-state index is 0.156. The van der Waals surface area contributed by atoms with Crippen molar-refractivity contribution in [2.45, 2.75) is 32.4 Å². The Hall–Kier alpha value is -1.39. The monoisotopic (exact) mass is 293 g/mol. The second-order valence-corrected chi connectivity index (χ2v) is 6.13. The molecule has 0 amide bonds. The van der Waals surface area contributed by atoms with Gasteiger partial charge < -0.3 is 10.0 Å². The van der Waals surface area contributed by atoms with Crippen molar-refractivity contribution in [3.8, 4) is 0 Å². The minimum Gasteiger partial charge on any atom is -0.389 e. The molecule has 1 heterocycles. The predicted octanol–water partition coefficient (Wildman–Crippen LogP) is 4.01. The molecule has 1 unspecified atom stereocenters. The molecule has 20 heavy (non-hydrogen) atoms. The van der Waals surface area contributed by atoms with Crippen LogP contribution in [0.3, 0.4) is 0 Å². The van der Waals surface area contributed by atoms with Gasteiger partial charge in [-0.2, -0.15) is 0 Å². The molecule has 0 aliphatic rings. The van der Waals surface area contributed by atoms with Gasteiger partial charge in [0.1, 0.15) is 5.82 Å². The molecule has 2 nitrogen and oxygen atoms in total. The summed E-state index contributed by atoms with van der Waals surface area (Å²) in [6.45, 7) is 3.73. The summed E-state index contributed by atoms with van der Waals surface area (Å²) in [6.07, 6.45) is 0.180. The summed E-state index contributed by atoms with van der Waals surface area (Å²) in [4.78, 5) is 3.19. The van der Waals surface area contributed by atoms with Gasteiger partial charge in [-0.15, -0.1) is 11.3 Å². The highest BCUT2D eigenvalue weighted by atomic mass is 32.1. The van der Waals surface area contributed by atoms with Crippen LogP contribution in [0.4, 0.5) is 10.1 Å². The Morgan fingerprint density at radius 3 is 2.60 bits per heavy atom. The van der Waals surface area contributed by atoms with E-state index in [0.29, 0.717) is 11.3 Å². The van der Waals surface area contributed by atoms with Gasteiger partial charge in [-0.25, -0.2) is 4.39 Å². The summed E-state index contributed by atoms with van der Waals surface area (Å²) >= 11 is 1.71. The van der Waals surface area contributed by atoms with E-state index in [1.165, 1.54) is 10.9 Å². The molecule has 0 saturated heterocycles. The third-order valence-corrected chi connectivity index (χ3v) is 4.46. The molecule has 108 valence electrons. The number of rotatable bonds is 5. The minimum atomic E-state index is -0.683. The van der Waals surface area contributed by atoms with Crippen molar-refractivity contribution < 1.29 is 9.50 Å². The van der Waals surface area contributed by atoms with Crippen molar-refractivity contribution in [1.82, 2.24) is 0 Å². The van der Waals surface area contributed by atoms with Crippen molar-refractivity contribution in [3.63, 3.8) is 0 Å². The van der Waals surface area contributed by atoms with E-state index in [4.69, 9.17) is 0 Å². The maximum Gasteiger partial charge on any atom is 0.146 e. The highest BCUT2D eigenvalue weighted by Crippen LogP contribution is 2.30.